The molecule has 3 aromatic rings. The van der Waals surface area contributed by atoms with Crippen molar-refractivity contribution in [2.75, 3.05) is 31.1 Å². The molecule has 0 bridgehead atoms. The summed E-state index contributed by atoms with van der Waals surface area (Å²) in [5, 5.41) is 0. The molecule has 0 saturated carbocycles. The Balaban J connectivity index is 0.000000428. The van der Waals surface area contributed by atoms with Gasteiger partial charge in [-0.05, 0) is 57.4 Å². The zero-order valence-electron chi connectivity index (χ0n) is 25.0. The molecule has 0 spiro atoms. The van der Waals surface area contributed by atoms with Gasteiger partial charge in [-0.15, -0.1) is 0 Å². The predicted octanol–water partition coefficient (Wildman–Crippen LogP) is 7.10. The van der Waals surface area contributed by atoms with Crippen molar-refractivity contribution in [2.24, 2.45) is 0 Å². The van der Waals surface area contributed by atoms with Crippen LogP contribution in [0.1, 0.15) is 70.3 Å². The molecule has 40 heavy (non-hydrogen) atoms. The minimum absolute atomic E-state index is 0.0339. The van der Waals surface area contributed by atoms with Crippen LogP contribution in [0.15, 0.2) is 61.2 Å². The van der Waals surface area contributed by atoms with Gasteiger partial charge in [0.1, 0.15) is 18.0 Å². The van der Waals surface area contributed by atoms with E-state index < -0.39 is 0 Å². The molecule has 1 unspecified atom stereocenters. The SMILES string of the molecule is C/C=C(/c1ccccc1F)c1c(C)ncnc1N1CCN(C(=O)OCC)C(C)C1.CC.CCCc1cccnc1. The molecule has 2 aromatic heterocycles. The number of halogens is 1. The Hall–Kier alpha value is -3.81. The monoisotopic (exact) mass is 549 g/mol. The standard InChI is InChI=1S/C22H27FN4O2.C8H11N.C2H6/c1-5-17(18-9-7-8-10-19(18)23)20-16(4)24-14-25-21(20)26-11-12-27(15(3)13-26)22(28)29-6-2;1-2-4-8-5-3-6-9-7-8;1-2/h5,7-10,14-15H,6,11-13H2,1-4H3;3,5-7H,2,4H2,1H3;1-2H3/b17-5-;;. The lowest BCUT2D eigenvalue weighted by Crippen LogP contribution is -2.54. The summed E-state index contributed by atoms with van der Waals surface area (Å²) >= 11 is 0. The largest absolute Gasteiger partial charge is 0.450 e. The highest BCUT2D eigenvalue weighted by molar-refractivity contribution is 5.86. The van der Waals surface area contributed by atoms with Gasteiger partial charge in [-0.1, -0.05) is 57.5 Å². The fraction of sp³-hybridized carbons (Fsp3) is 0.438. The number of nitrogens with zero attached hydrogens (tertiary/aromatic N) is 5. The van der Waals surface area contributed by atoms with Crippen molar-refractivity contribution in [2.45, 2.75) is 67.3 Å². The number of hydrogen-bond donors (Lipinski definition) is 0. The van der Waals surface area contributed by atoms with Gasteiger partial charge in [-0.25, -0.2) is 19.2 Å². The van der Waals surface area contributed by atoms with Crippen LogP contribution >= 0.6 is 0 Å². The quantitative estimate of drug-likeness (QED) is 0.327. The molecule has 1 fully saturated rings. The summed E-state index contributed by atoms with van der Waals surface area (Å²) in [5.41, 5.74) is 4.22. The summed E-state index contributed by atoms with van der Waals surface area (Å²) in [6.07, 6.45) is 9.21. The summed E-state index contributed by atoms with van der Waals surface area (Å²) in [4.78, 5) is 28.9. The summed E-state index contributed by atoms with van der Waals surface area (Å²) in [7, 11) is 0. The molecule has 1 aromatic carbocycles. The van der Waals surface area contributed by atoms with E-state index in [4.69, 9.17) is 4.74 Å². The number of hydrogen-bond acceptors (Lipinski definition) is 6. The fourth-order valence-corrected chi connectivity index (χ4v) is 4.59. The van der Waals surface area contributed by atoms with Gasteiger partial charge in [0, 0.05) is 49.2 Å². The lowest BCUT2D eigenvalue weighted by molar-refractivity contribution is 0.0890. The van der Waals surface area contributed by atoms with Crippen LogP contribution in [0.25, 0.3) is 5.57 Å². The minimum atomic E-state index is -0.292. The molecule has 1 aliphatic heterocycles. The van der Waals surface area contributed by atoms with E-state index in [1.165, 1.54) is 24.4 Å². The molecule has 1 amide bonds. The van der Waals surface area contributed by atoms with Gasteiger partial charge in [0.05, 0.1) is 12.3 Å². The van der Waals surface area contributed by atoms with Crippen molar-refractivity contribution in [1.82, 2.24) is 19.9 Å². The van der Waals surface area contributed by atoms with E-state index in [1.807, 2.05) is 59.0 Å². The van der Waals surface area contributed by atoms with Crippen molar-refractivity contribution in [1.29, 1.82) is 0 Å². The van der Waals surface area contributed by atoms with Crippen LogP contribution in [0.3, 0.4) is 0 Å². The molecule has 4 rings (SSSR count). The van der Waals surface area contributed by atoms with Gasteiger partial charge in [0.25, 0.3) is 0 Å². The number of pyridine rings is 1. The molecule has 216 valence electrons. The number of anilines is 1. The maximum Gasteiger partial charge on any atom is 0.410 e. The molecule has 3 heterocycles. The van der Waals surface area contributed by atoms with Gasteiger partial charge in [-0.2, -0.15) is 0 Å². The number of piperazine rings is 1. The highest BCUT2D eigenvalue weighted by atomic mass is 19.1. The maximum absolute atomic E-state index is 14.5. The maximum atomic E-state index is 14.5. The summed E-state index contributed by atoms with van der Waals surface area (Å²) < 4.78 is 19.7. The topological polar surface area (TPSA) is 71.5 Å². The van der Waals surface area contributed by atoms with Gasteiger partial charge < -0.3 is 14.5 Å². The van der Waals surface area contributed by atoms with E-state index in [-0.39, 0.29) is 18.0 Å². The van der Waals surface area contributed by atoms with Crippen LogP contribution in [-0.4, -0.2) is 58.2 Å². The third kappa shape index (κ3) is 8.60. The lowest BCUT2D eigenvalue weighted by Gasteiger charge is -2.40. The smallest absolute Gasteiger partial charge is 0.410 e. The zero-order valence-corrected chi connectivity index (χ0v) is 25.0. The fourth-order valence-electron chi connectivity index (χ4n) is 4.59. The van der Waals surface area contributed by atoms with Crippen LogP contribution in [0.2, 0.25) is 0 Å². The number of allylic oxidation sites excluding steroid dienone is 1. The molecule has 8 heteroatoms. The average molecular weight is 550 g/mol. The van der Waals surface area contributed by atoms with E-state index in [2.05, 4.69) is 32.8 Å². The molecule has 1 saturated heterocycles. The normalized spacial score (nSPS) is 14.9. The van der Waals surface area contributed by atoms with E-state index in [1.54, 1.807) is 30.2 Å². The molecule has 0 aliphatic carbocycles. The van der Waals surface area contributed by atoms with Crippen molar-refractivity contribution in [3.05, 3.63) is 89.4 Å². The van der Waals surface area contributed by atoms with Gasteiger partial charge in [-0.3, -0.25) is 4.98 Å². The van der Waals surface area contributed by atoms with Crippen molar-refractivity contribution in [3.8, 4) is 0 Å². The Morgan fingerprint density at radius 2 is 1.88 bits per heavy atom. The second-order valence-corrected chi connectivity index (χ2v) is 9.14. The molecule has 1 atom stereocenters. The Bertz CT molecular complexity index is 1220. The van der Waals surface area contributed by atoms with Crippen LogP contribution in [0.5, 0.6) is 0 Å². The summed E-state index contributed by atoms with van der Waals surface area (Å²) in [6, 6.07) is 10.8. The third-order valence-corrected chi connectivity index (χ3v) is 6.43. The molecule has 7 nitrogen and oxygen atoms in total. The Morgan fingerprint density at radius 1 is 1.12 bits per heavy atom. The van der Waals surface area contributed by atoms with E-state index in [0.29, 0.717) is 31.8 Å². The highest BCUT2D eigenvalue weighted by Crippen LogP contribution is 2.34. The van der Waals surface area contributed by atoms with E-state index in [0.717, 1.165) is 29.1 Å². The number of carbonyl (C=O) groups is 1. The number of rotatable bonds is 6. The van der Waals surface area contributed by atoms with Crippen molar-refractivity contribution in [3.63, 3.8) is 0 Å². The Morgan fingerprint density at radius 3 is 2.48 bits per heavy atom. The van der Waals surface area contributed by atoms with Crippen LogP contribution in [0, 0.1) is 12.7 Å². The van der Waals surface area contributed by atoms with Crippen LogP contribution in [-0.2, 0) is 11.2 Å². The summed E-state index contributed by atoms with van der Waals surface area (Å²) in [5.74, 6) is 0.472. The molecule has 0 radical (unpaired) electrons. The second kappa shape index (κ2) is 17.0. The predicted molar refractivity (Wildman–Crippen MR) is 161 cm³/mol. The first-order valence-corrected chi connectivity index (χ1v) is 14.2. The minimum Gasteiger partial charge on any atom is -0.450 e. The first kappa shape index (κ1) is 32.4. The molecular formula is C32H44FN5O2. The van der Waals surface area contributed by atoms with Gasteiger partial charge in [0.15, 0.2) is 0 Å². The number of ether oxygens (including phenoxy) is 1. The summed E-state index contributed by atoms with van der Waals surface area (Å²) in [6.45, 7) is 15.9. The first-order valence-electron chi connectivity index (χ1n) is 14.2. The number of carbonyl (C=O) groups excluding carboxylic acids is 1. The van der Waals surface area contributed by atoms with Crippen LogP contribution < -0.4 is 4.90 Å². The number of benzene rings is 1. The zero-order chi connectivity index (χ0) is 29.5. The highest BCUT2D eigenvalue weighted by Gasteiger charge is 2.31. The van der Waals surface area contributed by atoms with Gasteiger partial charge >= 0.3 is 6.09 Å². The number of aromatic nitrogens is 3. The van der Waals surface area contributed by atoms with Crippen molar-refractivity contribution >= 4 is 17.5 Å². The number of aryl methyl sites for hydroxylation is 2. The lowest BCUT2D eigenvalue weighted by atomic mass is 9.95. The van der Waals surface area contributed by atoms with Gasteiger partial charge in [0.2, 0.25) is 0 Å². The first-order chi connectivity index (χ1) is 19.4. The second-order valence-electron chi connectivity index (χ2n) is 9.14. The van der Waals surface area contributed by atoms with E-state index >= 15 is 0 Å². The molecule has 0 N–H and O–H groups in total. The Kier molecular flexibility index (Phi) is 13.8. The van der Waals surface area contributed by atoms with Crippen molar-refractivity contribution < 1.29 is 13.9 Å². The van der Waals surface area contributed by atoms with Crippen LogP contribution in [0.4, 0.5) is 15.0 Å². The number of amides is 1. The molecule has 1 aliphatic rings. The average Bonchev–Trinajstić information content (AvgIpc) is 2.97. The Labute approximate surface area is 239 Å². The third-order valence-electron chi connectivity index (χ3n) is 6.43. The van der Waals surface area contributed by atoms with E-state index in [9.17, 15) is 9.18 Å². The molecular weight excluding hydrogens is 505 g/mol.